The topological polar surface area (TPSA) is 16.1 Å². The van der Waals surface area contributed by atoms with Gasteiger partial charge >= 0.3 is 6.18 Å². The molecule has 1 heterocycles. The van der Waals surface area contributed by atoms with Crippen LogP contribution in [-0.2, 0) is 6.18 Å². The molecule has 0 saturated heterocycles. The third-order valence-corrected chi connectivity index (χ3v) is 3.48. The van der Waals surface area contributed by atoms with Crippen molar-refractivity contribution in [3.63, 3.8) is 0 Å². The van der Waals surface area contributed by atoms with Gasteiger partial charge in [-0.1, -0.05) is 6.07 Å². The molecule has 1 aromatic heterocycles. The number of anilines is 1. The fraction of sp³-hybridized carbons (Fsp3) is 0.583. The summed E-state index contributed by atoms with van der Waals surface area (Å²) in [6.45, 7) is 0.692. The lowest BCUT2D eigenvalue weighted by Crippen LogP contribution is -2.35. The summed E-state index contributed by atoms with van der Waals surface area (Å²) in [5.41, 5.74) is -0.851. The predicted molar refractivity (Wildman–Crippen MR) is 64.9 cm³/mol. The van der Waals surface area contributed by atoms with Crippen molar-refractivity contribution < 1.29 is 13.2 Å². The zero-order valence-electron chi connectivity index (χ0n) is 9.91. The highest BCUT2D eigenvalue weighted by molar-refractivity contribution is 6.21. The van der Waals surface area contributed by atoms with Crippen LogP contribution >= 0.6 is 11.6 Å². The monoisotopic (exact) mass is 278 g/mol. The van der Waals surface area contributed by atoms with E-state index in [0.29, 0.717) is 18.3 Å². The van der Waals surface area contributed by atoms with Crippen molar-refractivity contribution in [2.75, 3.05) is 18.5 Å². The van der Waals surface area contributed by atoms with Crippen LogP contribution in [0.5, 0.6) is 0 Å². The Balaban J connectivity index is 2.03. The molecule has 6 heteroatoms. The molecular weight excluding hydrogens is 265 g/mol. The van der Waals surface area contributed by atoms with Gasteiger partial charge in [-0.15, -0.1) is 11.6 Å². The summed E-state index contributed by atoms with van der Waals surface area (Å²) in [7, 11) is 1.75. The minimum Gasteiger partial charge on any atom is -0.359 e. The van der Waals surface area contributed by atoms with Crippen LogP contribution in [0.15, 0.2) is 18.2 Å². The van der Waals surface area contributed by atoms with E-state index >= 15 is 0 Å². The maximum absolute atomic E-state index is 12.5. The van der Waals surface area contributed by atoms with Gasteiger partial charge in [0.2, 0.25) is 0 Å². The van der Waals surface area contributed by atoms with Crippen LogP contribution in [0.3, 0.4) is 0 Å². The van der Waals surface area contributed by atoms with Gasteiger partial charge in [0.05, 0.1) is 0 Å². The average Bonchev–Trinajstić information content (AvgIpc) is 2.26. The summed E-state index contributed by atoms with van der Waals surface area (Å²) in [6.07, 6.45) is -2.55. The molecule has 18 heavy (non-hydrogen) atoms. The molecule has 100 valence electrons. The highest BCUT2D eigenvalue weighted by atomic mass is 35.5. The molecule has 0 amide bonds. The first-order valence-electron chi connectivity index (χ1n) is 5.75. The largest absolute Gasteiger partial charge is 0.433 e. The predicted octanol–water partition coefficient (Wildman–Crippen LogP) is 3.55. The standard InChI is InChI=1S/C12H14ClF3N2/c1-18(7-8-5-9(13)6-8)11-4-2-3-10(17-11)12(14,15)16/h2-4,8-9H,5-7H2,1H3. The molecule has 0 unspecified atom stereocenters. The Morgan fingerprint density at radius 2 is 2.06 bits per heavy atom. The Labute approximate surface area is 109 Å². The molecule has 0 radical (unpaired) electrons. The summed E-state index contributed by atoms with van der Waals surface area (Å²) >= 11 is 5.88. The third kappa shape index (κ3) is 3.07. The van der Waals surface area contributed by atoms with Gasteiger partial charge in [-0.3, -0.25) is 0 Å². The van der Waals surface area contributed by atoms with E-state index in [1.807, 2.05) is 0 Å². The molecule has 0 atom stereocenters. The molecule has 0 aliphatic heterocycles. The van der Waals surface area contributed by atoms with Crippen LogP contribution in [0, 0.1) is 5.92 Å². The molecule has 2 rings (SSSR count). The van der Waals surface area contributed by atoms with Gasteiger partial charge in [-0.2, -0.15) is 13.2 Å². The summed E-state index contributed by atoms with van der Waals surface area (Å²) < 4.78 is 37.6. The van der Waals surface area contributed by atoms with Gasteiger partial charge in [0.15, 0.2) is 0 Å². The lowest BCUT2D eigenvalue weighted by Gasteiger charge is -2.34. The molecule has 1 saturated carbocycles. The summed E-state index contributed by atoms with van der Waals surface area (Å²) in [6, 6.07) is 3.95. The SMILES string of the molecule is CN(CC1CC(Cl)C1)c1cccc(C(F)(F)F)n1. The molecule has 0 bridgehead atoms. The Morgan fingerprint density at radius 3 is 2.61 bits per heavy atom. The van der Waals surface area contributed by atoms with E-state index < -0.39 is 11.9 Å². The maximum atomic E-state index is 12.5. The number of nitrogens with zero attached hydrogens (tertiary/aromatic N) is 2. The summed E-state index contributed by atoms with van der Waals surface area (Å²) in [5, 5.41) is 0.220. The van der Waals surface area contributed by atoms with Gasteiger partial charge in [0, 0.05) is 19.0 Å². The van der Waals surface area contributed by atoms with E-state index in [0.717, 1.165) is 18.9 Å². The first kappa shape index (κ1) is 13.5. The van der Waals surface area contributed by atoms with Crippen molar-refractivity contribution in [3.8, 4) is 0 Å². The van der Waals surface area contributed by atoms with Gasteiger partial charge in [0.1, 0.15) is 11.5 Å². The van der Waals surface area contributed by atoms with E-state index in [1.165, 1.54) is 6.07 Å². The van der Waals surface area contributed by atoms with Crippen LogP contribution in [-0.4, -0.2) is 24.0 Å². The molecule has 1 aliphatic rings. The number of hydrogen-bond acceptors (Lipinski definition) is 2. The number of alkyl halides is 4. The van der Waals surface area contributed by atoms with E-state index in [-0.39, 0.29) is 5.38 Å². The number of hydrogen-bond donors (Lipinski definition) is 0. The second kappa shape index (κ2) is 4.96. The quantitative estimate of drug-likeness (QED) is 0.786. The van der Waals surface area contributed by atoms with E-state index in [9.17, 15) is 13.2 Å². The maximum Gasteiger partial charge on any atom is 0.433 e. The number of rotatable bonds is 3. The smallest absolute Gasteiger partial charge is 0.359 e. The number of halogens is 4. The van der Waals surface area contributed by atoms with Gasteiger partial charge in [0.25, 0.3) is 0 Å². The second-order valence-electron chi connectivity index (χ2n) is 4.69. The number of pyridine rings is 1. The van der Waals surface area contributed by atoms with Crippen molar-refractivity contribution in [1.82, 2.24) is 4.98 Å². The second-order valence-corrected chi connectivity index (χ2v) is 5.31. The highest BCUT2D eigenvalue weighted by Gasteiger charge is 2.33. The van der Waals surface area contributed by atoms with Gasteiger partial charge in [-0.25, -0.2) is 4.98 Å². The summed E-state index contributed by atoms with van der Waals surface area (Å²) in [5.74, 6) is 0.802. The fourth-order valence-electron chi connectivity index (χ4n) is 2.08. The molecule has 2 nitrogen and oxygen atoms in total. The lowest BCUT2D eigenvalue weighted by atomic mass is 9.84. The van der Waals surface area contributed by atoms with Crippen LogP contribution < -0.4 is 4.90 Å². The lowest BCUT2D eigenvalue weighted by molar-refractivity contribution is -0.141. The molecule has 0 N–H and O–H groups in total. The van der Waals surface area contributed by atoms with E-state index in [2.05, 4.69) is 4.98 Å². The minimum atomic E-state index is -4.39. The van der Waals surface area contributed by atoms with Gasteiger partial charge in [-0.05, 0) is 30.9 Å². The fourth-order valence-corrected chi connectivity index (χ4v) is 2.58. The first-order valence-corrected chi connectivity index (χ1v) is 6.19. The van der Waals surface area contributed by atoms with Crippen LogP contribution in [0.4, 0.5) is 19.0 Å². The van der Waals surface area contributed by atoms with Crippen LogP contribution in [0.25, 0.3) is 0 Å². The Morgan fingerprint density at radius 1 is 1.39 bits per heavy atom. The van der Waals surface area contributed by atoms with E-state index in [4.69, 9.17) is 11.6 Å². The molecule has 0 spiro atoms. The van der Waals surface area contributed by atoms with Crippen molar-refractivity contribution in [3.05, 3.63) is 23.9 Å². The Kier molecular flexibility index (Phi) is 3.71. The first-order chi connectivity index (χ1) is 8.36. The molecule has 1 aliphatic carbocycles. The van der Waals surface area contributed by atoms with Crippen molar-refractivity contribution in [2.45, 2.75) is 24.4 Å². The van der Waals surface area contributed by atoms with Gasteiger partial charge < -0.3 is 4.90 Å². The van der Waals surface area contributed by atoms with E-state index in [1.54, 1.807) is 18.0 Å². The molecule has 0 aromatic carbocycles. The highest BCUT2D eigenvalue weighted by Crippen LogP contribution is 2.33. The normalized spacial score (nSPS) is 23.6. The van der Waals surface area contributed by atoms with Crippen molar-refractivity contribution in [1.29, 1.82) is 0 Å². The minimum absolute atomic E-state index is 0.220. The van der Waals surface area contributed by atoms with Crippen molar-refractivity contribution in [2.24, 2.45) is 5.92 Å². The van der Waals surface area contributed by atoms with Crippen molar-refractivity contribution >= 4 is 17.4 Å². The zero-order chi connectivity index (χ0) is 13.3. The Bertz CT molecular complexity index is 416. The van der Waals surface area contributed by atoms with Crippen LogP contribution in [0.1, 0.15) is 18.5 Å². The third-order valence-electron chi connectivity index (χ3n) is 3.13. The van der Waals surface area contributed by atoms with Crippen LogP contribution in [0.2, 0.25) is 0 Å². The summed E-state index contributed by atoms with van der Waals surface area (Å²) in [4.78, 5) is 5.40. The zero-order valence-corrected chi connectivity index (χ0v) is 10.7. The number of aromatic nitrogens is 1. The average molecular weight is 279 g/mol. The molecular formula is C12H14ClF3N2. The molecule has 1 aromatic rings. The molecule has 1 fully saturated rings. The Hall–Kier alpha value is -0.970.